The first-order valence-electron chi connectivity index (χ1n) is 13.0. The number of esters is 1. The third kappa shape index (κ3) is 10.2. The van der Waals surface area contributed by atoms with Crippen LogP contribution in [-0.4, -0.2) is 43.1 Å². The summed E-state index contributed by atoms with van der Waals surface area (Å²) in [5, 5.41) is 10.6. The summed E-state index contributed by atoms with van der Waals surface area (Å²) in [5.41, 5.74) is 0. The zero-order valence-electron chi connectivity index (χ0n) is 21.5. The fraction of sp³-hybridized carbons (Fsp3) is 0.500. The summed E-state index contributed by atoms with van der Waals surface area (Å²) in [4.78, 5) is 12.2. The zero-order valence-corrected chi connectivity index (χ0v) is 23.6. The van der Waals surface area contributed by atoms with E-state index in [2.05, 4.69) is 56.8 Å². The largest absolute Gasteiger partial charge is 0.494 e. The van der Waals surface area contributed by atoms with Crippen molar-refractivity contribution in [1.82, 2.24) is 0 Å². The number of aliphatic hydroxyl groups is 1. The van der Waals surface area contributed by atoms with Gasteiger partial charge < -0.3 is 19.3 Å². The van der Waals surface area contributed by atoms with Gasteiger partial charge in [-0.25, -0.2) is 0 Å². The molecule has 0 radical (unpaired) electrons. The molecule has 0 amide bonds. The minimum absolute atomic E-state index is 0.0370. The maximum atomic E-state index is 12.2. The Hall–Kier alpha value is -1.90. The minimum Gasteiger partial charge on any atom is -0.494 e. The highest BCUT2D eigenvalue weighted by molar-refractivity contribution is 5.69. The molecule has 6 heteroatoms. The van der Waals surface area contributed by atoms with Crippen molar-refractivity contribution >= 4 is 5.97 Å². The lowest BCUT2D eigenvalue weighted by Crippen LogP contribution is -3.61. The number of benzene rings is 2. The Labute approximate surface area is 226 Å². The van der Waals surface area contributed by atoms with Gasteiger partial charge in [-0.15, -0.1) is 6.58 Å². The van der Waals surface area contributed by atoms with Gasteiger partial charge in [-0.05, 0) is 73.4 Å². The molecule has 2 aromatic rings. The van der Waals surface area contributed by atoms with Crippen molar-refractivity contribution in [3.63, 3.8) is 0 Å². The third-order valence-electron chi connectivity index (χ3n) is 6.65. The van der Waals surface area contributed by atoms with Gasteiger partial charge in [-0.3, -0.25) is 4.79 Å². The van der Waals surface area contributed by atoms with Gasteiger partial charge in [0, 0.05) is 6.42 Å². The molecule has 0 bridgehead atoms. The molecule has 1 aliphatic heterocycles. The lowest BCUT2D eigenvalue weighted by Gasteiger charge is -2.26. The van der Waals surface area contributed by atoms with E-state index in [1.165, 1.54) is 7.14 Å². The molecule has 0 aliphatic carbocycles. The summed E-state index contributed by atoms with van der Waals surface area (Å²) in [5.74, 6) is 1.41. The second-order valence-corrected chi connectivity index (χ2v) is 12.6. The lowest BCUT2D eigenvalue weighted by atomic mass is 9.83. The van der Waals surface area contributed by atoms with Crippen LogP contribution in [0, 0.1) is 24.9 Å². The molecule has 3 rings (SSSR count). The second kappa shape index (κ2) is 15.4. The predicted octanol–water partition coefficient (Wildman–Crippen LogP) is 2.52. The maximum absolute atomic E-state index is 12.2. The Morgan fingerprint density at radius 3 is 2.50 bits per heavy atom. The Bertz CT molecular complexity index is 913. The van der Waals surface area contributed by atoms with Crippen molar-refractivity contribution in [3.05, 3.63) is 74.4 Å². The summed E-state index contributed by atoms with van der Waals surface area (Å²) in [6, 6.07) is 18.7. The number of aliphatic hydroxyl groups excluding tert-OH is 1. The van der Waals surface area contributed by atoms with E-state index < -0.39 is 6.10 Å². The normalized spacial score (nSPS) is 18.0. The average Bonchev–Trinajstić information content (AvgIpc) is 3.75. The van der Waals surface area contributed by atoms with Crippen LogP contribution in [0.1, 0.15) is 46.0 Å². The van der Waals surface area contributed by atoms with Crippen LogP contribution in [0.15, 0.2) is 67.3 Å². The molecule has 1 heterocycles. The van der Waals surface area contributed by atoms with Crippen molar-refractivity contribution in [2.75, 3.05) is 19.8 Å². The van der Waals surface area contributed by atoms with Gasteiger partial charge >= 0.3 is 27.2 Å². The van der Waals surface area contributed by atoms with Crippen LogP contribution < -0.4 is 25.9 Å². The molecule has 36 heavy (non-hydrogen) atoms. The molecular weight excluding hydrogens is 567 g/mol. The lowest BCUT2D eigenvalue weighted by molar-refractivity contribution is -0.597. The molecule has 1 saturated heterocycles. The first-order valence-corrected chi connectivity index (χ1v) is 15.1. The maximum Gasteiger partial charge on any atom is 0.357 e. The number of hydrogen-bond donors (Lipinski definition) is 1. The Morgan fingerprint density at radius 1 is 1.17 bits per heavy atom. The van der Waals surface area contributed by atoms with E-state index in [1.54, 1.807) is 0 Å². The number of hydrogen-bond acceptors (Lipinski definition) is 5. The molecule has 196 valence electrons. The topological polar surface area (TPSA) is 68.3 Å². The van der Waals surface area contributed by atoms with Crippen molar-refractivity contribution in [1.29, 1.82) is 0 Å². The highest BCUT2D eigenvalue weighted by Crippen LogP contribution is 2.30. The van der Waals surface area contributed by atoms with Crippen LogP contribution in [0.3, 0.4) is 0 Å². The highest BCUT2D eigenvalue weighted by atomic mass is 127. The van der Waals surface area contributed by atoms with Crippen LogP contribution >= 0.6 is 0 Å². The van der Waals surface area contributed by atoms with Crippen molar-refractivity contribution in [2.45, 2.75) is 58.2 Å². The van der Waals surface area contributed by atoms with E-state index in [4.69, 9.17) is 14.2 Å². The molecule has 0 saturated carbocycles. The minimum atomic E-state index is -0.664. The summed E-state index contributed by atoms with van der Waals surface area (Å²) < 4.78 is 19.3. The molecule has 1 aliphatic rings. The number of carbonyl (C=O) groups excluding carboxylic acids is 1. The molecule has 1 fully saturated rings. The van der Waals surface area contributed by atoms with Crippen LogP contribution in [0.25, 0.3) is 0 Å². The number of allylic oxidation sites excluding steroid dienone is 1. The summed E-state index contributed by atoms with van der Waals surface area (Å²) >= 11 is -0.184. The van der Waals surface area contributed by atoms with E-state index in [0.717, 1.165) is 31.6 Å². The Balaban J connectivity index is 1.30. The van der Waals surface area contributed by atoms with Gasteiger partial charge in [0.05, 0.1) is 25.4 Å². The van der Waals surface area contributed by atoms with E-state index in [0.29, 0.717) is 31.0 Å². The van der Waals surface area contributed by atoms with Crippen molar-refractivity contribution in [2.24, 2.45) is 17.8 Å². The summed E-state index contributed by atoms with van der Waals surface area (Å²) in [7, 11) is 0. The molecule has 2 aromatic carbocycles. The Morgan fingerprint density at radius 2 is 1.86 bits per heavy atom. The van der Waals surface area contributed by atoms with Gasteiger partial charge in [0.15, 0.2) is 7.14 Å². The predicted molar refractivity (Wildman–Crippen MR) is 138 cm³/mol. The van der Waals surface area contributed by atoms with E-state index in [9.17, 15) is 9.90 Å². The molecule has 5 unspecified atom stereocenters. The SMILES string of the molecule is C=CC(CC(C)C1CO1)CC(CC)C(O)COC(=O)CCCOc1ccc([I+]c2ccccc2)cc1. The van der Waals surface area contributed by atoms with Crippen LogP contribution in [0.2, 0.25) is 0 Å². The van der Waals surface area contributed by atoms with E-state index >= 15 is 0 Å². The zero-order chi connectivity index (χ0) is 25.8. The van der Waals surface area contributed by atoms with Crippen molar-refractivity contribution in [3.8, 4) is 5.75 Å². The number of carbonyl (C=O) groups is 1. The second-order valence-electron chi connectivity index (χ2n) is 9.53. The summed E-state index contributed by atoms with van der Waals surface area (Å²) in [6.07, 6.45) is 5.23. The van der Waals surface area contributed by atoms with E-state index in [1.807, 2.05) is 24.3 Å². The highest BCUT2D eigenvalue weighted by Gasteiger charge is 2.31. The molecular formula is C30H40IO5+. The molecule has 0 aromatic heterocycles. The fourth-order valence-electron chi connectivity index (χ4n) is 4.28. The number of rotatable bonds is 17. The standard InChI is InChI=1S/C30H40IO5/c1-4-23(18-22(3)29-21-35-29)19-24(5-2)28(32)20-36-30(33)12-9-17-34-27-15-13-26(14-16-27)31-25-10-7-6-8-11-25/h4,6-8,10-11,13-16,22-24,28-29,32H,1,5,9,12,17-21H2,2-3H3/q+1. The monoisotopic (exact) mass is 607 g/mol. The van der Waals surface area contributed by atoms with Crippen LogP contribution in [0.4, 0.5) is 0 Å². The Kier molecular flexibility index (Phi) is 12.2. The smallest absolute Gasteiger partial charge is 0.357 e. The first-order chi connectivity index (χ1) is 17.5. The average molecular weight is 608 g/mol. The fourth-order valence-corrected chi connectivity index (χ4v) is 6.49. The quantitative estimate of drug-likeness (QED) is 0.0985. The first kappa shape index (κ1) is 28.7. The van der Waals surface area contributed by atoms with Crippen LogP contribution in [0.5, 0.6) is 5.75 Å². The van der Waals surface area contributed by atoms with Gasteiger partial charge in [0.2, 0.25) is 0 Å². The molecule has 1 N–H and O–H groups in total. The molecule has 5 atom stereocenters. The van der Waals surface area contributed by atoms with Gasteiger partial charge in [0.25, 0.3) is 0 Å². The van der Waals surface area contributed by atoms with Crippen LogP contribution in [-0.2, 0) is 14.3 Å². The molecule has 0 spiro atoms. The van der Waals surface area contributed by atoms with Gasteiger partial charge in [-0.2, -0.15) is 0 Å². The number of halogens is 1. The van der Waals surface area contributed by atoms with Gasteiger partial charge in [-0.1, -0.05) is 44.5 Å². The van der Waals surface area contributed by atoms with Gasteiger partial charge in [0.1, 0.15) is 12.4 Å². The van der Waals surface area contributed by atoms with E-state index in [-0.39, 0.29) is 46.1 Å². The summed E-state index contributed by atoms with van der Waals surface area (Å²) in [6.45, 7) is 9.60. The number of epoxide rings is 1. The molecule has 5 nitrogen and oxygen atoms in total. The number of ether oxygens (including phenoxy) is 3. The van der Waals surface area contributed by atoms with Crippen molar-refractivity contribution < 1.29 is 45.3 Å². The third-order valence-corrected chi connectivity index (χ3v) is 9.33.